The first-order chi connectivity index (χ1) is 8.39. The van der Waals surface area contributed by atoms with Gasteiger partial charge in [-0.1, -0.05) is 32.9 Å². The molecular formula is C15H23ClN2O. The number of benzene rings is 1. The molecule has 19 heavy (non-hydrogen) atoms. The molecule has 1 aromatic carbocycles. The van der Waals surface area contributed by atoms with Crippen molar-refractivity contribution in [2.24, 2.45) is 5.92 Å². The van der Waals surface area contributed by atoms with E-state index in [0.29, 0.717) is 0 Å². The SMILES string of the molecule is CN(C(=O)C1CNC1)c1ccc(C(C)(C)C)cc1.Cl. The summed E-state index contributed by atoms with van der Waals surface area (Å²) < 4.78 is 0. The number of rotatable bonds is 2. The molecular weight excluding hydrogens is 260 g/mol. The minimum Gasteiger partial charge on any atom is -0.315 e. The van der Waals surface area contributed by atoms with E-state index in [1.165, 1.54) is 5.56 Å². The van der Waals surface area contributed by atoms with Crippen molar-refractivity contribution in [3.63, 3.8) is 0 Å². The summed E-state index contributed by atoms with van der Waals surface area (Å²) in [5.74, 6) is 0.356. The van der Waals surface area contributed by atoms with Gasteiger partial charge in [0.1, 0.15) is 0 Å². The molecule has 0 unspecified atom stereocenters. The first-order valence-electron chi connectivity index (χ1n) is 6.48. The fourth-order valence-electron chi connectivity index (χ4n) is 2.05. The lowest BCUT2D eigenvalue weighted by Crippen LogP contribution is -2.51. The van der Waals surface area contributed by atoms with Crippen molar-refractivity contribution in [3.8, 4) is 0 Å². The van der Waals surface area contributed by atoms with E-state index in [0.717, 1.165) is 18.8 Å². The zero-order chi connectivity index (χ0) is 13.3. The molecule has 1 amide bonds. The van der Waals surface area contributed by atoms with Gasteiger partial charge in [-0.3, -0.25) is 4.79 Å². The maximum atomic E-state index is 12.1. The molecule has 0 atom stereocenters. The topological polar surface area (TPSA) is 32.3 Å². The average molecular weight is 283 g/mol. The summed E-state index contributed by atoms with van der Waals surface area (Å²) in [7, 11) is 1.85. The van der Waals surface area contributed by atoms with E-state index in [4.69, 9.17) is 0 Å². The van der Waals surface area contributed by atoms with Gasteiger partial charge in [0.2, 0.25) is 5.91 Å². The van der Waals surface area contributed by atoms with Crippen LogP contribution in [0, 0.1) is 5.92 Å². The van der Waals surface area contributed by atoms with Crippen LogP contribution in [0.1, 0.15) is 26.3 Å². The van der Waals surface area contributed by atoms with Gasteiger partial charge < -0.3 is 10.2 Å². The monoisotopic (exact) mass is 282 g/mol. The quantitative estimate of drug-likeness (QED) is 0.904. The Morgan fingerprint density at radius 3 is 2.11 bits per heavy atom. The third-order valence-corrected chi connectivity index (χ3v) is 3.58. The third kappa shape index (κ3) is 3.48. The predicted octanol–water partition coefficient (Wildman–Crippen LogP) is 2.59. The lowest BCUT2D eigenvalue weighted by molar-refractivity contribution is -0.123. The summed E-state index contributed by atoms with van der Waals surface area (Å²) in [6.07, 6.45) is 0. The van der Waals surface area contributed by atoms with Crippen LogP contribution in [0.25, 0.3) is 0 Å². The molecule has 0 saturated carbocycles. The van der Waals surface area contributed by atoms with E-state index in [9.17, 15) is 4.79 Å². The highest BCUT2D eigenvalue weighted by Crippen LogP contribution is 2.25. The molecule has 0 bridgehead atoms. The lowest BCUT2D eigenvalue weighted by atomic mass is 9.87. The highest BCUT2D eigenvalue weighted by molar-refractivity contribution is 5.95. The molecule has 1 N–H and O–H groups in total. The van der Waals surface area contributed by atoms with Crippen LogP contribution in [0.4, 0.5) is 5.69 Å². The third-order valence-electron chi connectivity index (χ3n) is 3.58. The zero-order valence-corrected chi connectivity index (χ0v) is 12.9. The molecule has 3 nitrogen and oxygen atoms in total. The largest absolute Gasteiger partial charge is 0.315 e. The Hall–Kier alpha value is -1.06. The van der Waals surface area contributed by atoms with Crippen LogP contribution < -0.4 is 10.2 Å². The highest BCUT2D eigenvalue weighted by Gasteiger charge is 2.28. The number of amides is 1. The minimum atomic E-state index is 0. The average Bonchev–Trinajstić information content (AvgIpc) is 2.24. The van der Waals surface area contributed by atoms with E-state index in [1.54, 1.807) is 4.90 Å². The van der Waals surface area contributed by atoms with E-state index in [2.05, 4.69) is 38.2 Å². The lowest BCUT2D eigenvalue weighted by Gasteiger charge is -2.30. The van der Waals surface area contributed by atoms with Gasteiger partial charge in [0.15, 0.2) is 0 Å². The van der Waals surface area contributed by atoms with Gasteiger partial charge in [-0.05, 0) is 23.1 Å². The van der Waals surface area contributed by atoms with Gasteiger partial charge in [-0.2, -0.15) is 0 Å². The number of carbonyl (C=O) groups is 1. The molecule has 1 aliphatic rings. The predicted molar refractivity (Wildman–Crippen MR) is 82.2 cm³/mol. The van der Waals surface area contributed by atoms with E-state index in [1.807, 2.05) is 19.2 Å². The van der Waals surface area contributed by atoms with Gasteiger partial charge >= 0.3 is 0 Å². The number of nitrogens with zero attached hydrogens (tertiary/aromatic N) is 1. The van der Waals surface area contributed by atoms with Crippen molar-refractivity contribution >= 4 is 24.0 Å². The number of hydrogen-bond donors (Lipinski definition) is 1. The van der Waals surface area contributed by atoms with Crippen molar-refractivity contribution in [1.29, 1.82) is 0 Å². The van der Waals surface area contributed by atoms with Gasteiger partial charge in [-0.25, -0.2) is 0 Å². The number of halogens is 1. The summed E-state index contributed by atoms with van der Waals surface area (Å²) in [6, 6.07) is 8.28. The molecule has 2 rings (SSSR count). The van der Waals surface area contributed by atoms with Crippen molar-refractivity contribution in [1.82, 2.24) is 5.32 Å². The maximum absolute atomic E-state index is 12.1. The van der Waals surface area contributed by atoms with Crippen LogP contribution in [0.5, 0.6) is 0 Å². The molecule has 1 aliphatic heterocycles. The fraction of sp³-hybridized carbons (Fsp3) is 0.533. The maximum Gasteiger partial charge on any atom is 0.232 e. The second-order valence-electron chi connectivity index (χ2n) is 6.05. The molecule has 1 saturated heterocycles. The first-order valence-corrected chi connectivity index (χ1v) is 6.48. The summed E-state index contributed by atoms with van der Waals surface area (Å²) >= 11 is 0. The van der Waals surface area contributed by atoms with Gasteiger partial charge in [0.25, 0.3) is 0 Å². The van der Waals surface area contributed by atoms with E-state index in [-0.39, 0.29) is 29.6 Å². The van der Waals surface area contributed by atoms with Gasteiger partial charge in [0.05, 0.1) is 5.92 Å². The molecule has 0 aliphatic carbocycles. The van der Waals surface area contributed by atoms with E-state index < -0.39 is 0 Å². The second-order valence-corrected chi connectivity index (χ2v) is 6.05. The minimum absolute atomic E-state index is 0. The Morgan fingerprint density at radius 2 is 1.74 bits per heavy atom. The zero-order valence-electron chi connectivity index (χ0n) is 12.1. The molecule has 0 radical (unpaired) electrons. The van der Waals surface area contributed by atoms with Crippen LogP contribution in [0.15, 0.2) is 24.3 Å². The van der Waals surface area contributed by atoms with Crippen molar-refractivity contribution in [2.45, 2.75) is 26.2 Å². The number of nitrogens with one attached hydrogen (secondary N) is 1. The Labute approximate surface area is 121 Å². The van der Waals surface area contributed by atoms with Crippen molar-refractivity contribution < 1.29 is 4.79 Å². The van der Waals surface area contributed by atoms with Crippen LogP contribution >= 0.6 is 12.4 Å². The van der Waals surface area contributed by atoms with Crippen molar-refractivity contribution in [3.05, 3.63) is 29.8 Å². The van der Waals surface area contributed by atoms with Crippen molar-refractivity contribution in [2.75, 3.05) is 25.0 Å². The molecule has 1 fully saturated rings. The molecule has 0 aromatic heterocycles. The summed E-state index contributed by atoms with van der Waals surface area (Å²) in [6.45, 7) is 8.19. The van der Waals surface area contributed by atoms with Crippen LogP contribution in [0.3, 0.4) is 0 Å². The van der Waals surface area contributed by atoms with Crippen LogP contribution in [-0.4, -0.2) is 26.0 Å². The number of anilines is 1. The van der Waals surface area contributed by atoms with Gasteiger partial charge in [0, 0.05) is 25.8 Å². The number of carbonyl (C=O) groups excluding carboxylic acids is 1. The first kappa shape index (κ1) is 16.0. The standard InChI is InChI=1S/C15H22N2O.ClH/c1-15(2,3)12-5-7-13(8-6-12)17(4)14(18)11-9-16-10-11;/h5-8,11,16H,9-10H2,1-4H3;1H. The number of hydrogen-bond acceptors (Lipinski definition) is 2. The van der Waals surface area contributed by atoms with E-state index >= 15 is 0 Å². The van der Waals surface area contributed by atoms with Crippen LogP contribution in [0.2, 0.25) is 0 Å². The van der Waals surface area contributed by atoms with Gasteiger partial charge in [-0.15, -0.1) is 12.4 Å². The molecule has 1 heterocycles. The van der Waals surface area contributed by atoms with Crippen LogP contribution in [-0.2, 0) is 10.2 Å². The molecule has 0 spiro atoms. The highest BCUT2D eigenvalue weighted by atomic mass is 35.5. The summed E-state index contributed by atoms with van der Waals surface area (Å²) in [5.41, 5.74) is 2.41. The Balaban J connectivity index is 0.00000180. The smallest absolute Gasteiger partial charge is 0.232 e. The Bertz CT molecular complexity index is 432. The summed E-state index contributed by atoms with van der Waals surface area (Å²) in [5, 5.41) is 3.13. The molecule has 1 aromatic rings. The summed E-state index contributed by atoms with van der Waals surface area (Å²) in [4.78, 5) is 13.9. The second kappa shape index (κ2) is 5.93. The Kier molecular flexibility index (Phi) is 4.99. The normalized spacial score (nSPS) is 15.4. The Morgan fingerprint density at radius 1 is 1.21 bits per heavy atom. The fourth-order valence-corrected chi connectivity index (χ4v) is 2.05. The molecule has 106 valence electrons. The molecule has 4 heteroatoms.